The normalized spacial score (nSPS) is 16.6. The van der Waals surface area contributed by atoms with Gasteiger partial charge >= 0.3 is 12.1 Å². The monoisotopic (exact) mass is 391 g/mol. The highest BCUT2D eigenvalue weighted by Crippen LogP contribution is 2.34. The number of methoxy groups -OCH3 is 2. The van der Waals surface area contributed by atoms with Crippen molar-refractivity contribution in [1.82, 2.24) is 4.90 Å². The maximum absolute atomic E-state index is 12.6. The van der Waals surface area contributed by atoms with Crippen molar-refractivity contribution in [2.24, 2.45) is 0 Å². The van der Waals surface area contributed by atoms with Crippen LogP contribution in [0.3, 0.4) is 0 Å². The minimum absolute atomic E-state index is 0.0252. The van der Waals surface area contributed by atoms with Crippen LogP contribution in [0.15, 0.2) is 24.3 Å². The molecule has 1 atom stereocenters. The number of ether oxygens (including phenoxy) is 4. The van der Waals surface area contributed by atoms with Crippen LogP contribution in [0.5, 0.6) is 11.5 Å². The van der Waals surface area contributed by atoms with Gasteiger partial charge in [-0.2, -0.15) is 0 Å². The maximum atomic E-state index is 12.6. The van der Waals surface area contributed by atoms with Gasteiger partial charge in [0.1, 0.15) is 5.60 Å². The Bertz CT molecular complexity index is 763. The Balaban J connectivity index is 2.35. The molecule has 7 heteroatoms. The van der Waals surface area contributed by atoms with Crippen LogP contribution in [0, 0.1) is 0 Å². The molecular weight excluding hydrogens is 362 g/mol. The lowest BCUT2D eigenvalue weighted by molar-refractivity contribution is -0.144. The summed E-state index contributed by atoms with van der Waals surface area (Å²) in [6.07, 6.45) is 1.13. The van der Waals surface area contributed by atoms with Gasteiger partial charge in [-0.1, -0.05) is 6.07 Å². The summed E-state index contributed by atoms with van der Waals surface area (Å²) in [4.78, 5) is 26.2. The molecule has 0 radical (unpaired) electrons. The quantitative estimate of drug-likeness (QED) is 0.713. The van der Waals surface area contributed by atoms with E-state index in [2.05, 4.69) is 0 Å². The second kappa shape index (κ2) is 8.54. The van der Waals surface area contributed by atoms with Crippen molar-refractivity contribution < 1.29 is 28.5 Å². The molecule has 1 aromatic carbocycles. The number of hydrogen-bond donors (Lipinski definition) is 0. The lowest BCUT2D eigenvalue weighted by Gasteiger charge is -2.27. The Hall–Kier alpha value is -2.70. The average molecular weight is 391 g/mol. The number of hydrogen-bond acceptors (Lipinski definition) is 6. The largest absolute Gasteiger partial charge is 0.493 e. The van der Waals surface area contributed by atoms with Crippen LogP contribution in [0.1, 0.15) is 40.2 Å². The summed E-state index contributed by atoms with van der Waals surface area (Å²) in [7, 11) is 2.87. The summed E-state index contributed by atoms with van der Waals surface area (Å²) in [5.41, 5.74) is 0.966. The van der Waals surface area contributed by atoms with Crippen LogP contribution in [-0.2, 0) is 14.3 Å². The Labute approximate surface area is 166 Å². The summed E-state index contributed by atoms with van der Waals surface area (Å²) >= 11 is 0. The highest BCUT2D eigenvalue weighted by Gasteiger charge is 2.37. The lowest BCUT2D eigenvalue weighted by Crippen LogP contribution is -2.44. The molecule has 0 aliphatic carbocycles. The third kappa shape index (κ3) is 5.18. The van der Waals surface area contributed by atoms with Gasteiger partial charge in [0.15, 0.2) is 17.5 Å². The van der Waals surface area contributed by atoms with Crippen molar-refractivity contribution in [1.29, 1.82) is 0 Å². The zero-order valence-electron chi connectivity index (χ0n) is 17.6. The van der Waals surface area contributed by atoms with Crippen molar-refractivity contribution >= 4 is 17.6 Å². The Morgan fingerprint density at radius 3 is 2.36 bits per heavy atom. The highest BCUT2D eigenvalue weighted by atomic mass is 16.6. The van der Waals surface area contributed by atoms with Gasteiger partial charge in [-0.3, -0.25) is 4.90 Å². The van der Waals surface area contributed by atoms with E-state index in [0.717, 1.165) is 11.1 Å². The second-order valence-electron chi connectivity index (χ2n) is 7.80. The predicted octanol–water partition coefficient (Wildman–Crippen LogP) is 3.66. The topological polar surface area (TPSA) is 74.3 Å². The number of carbonyl (C=O) groups excluding carboxylic acids is 2. The minimum atomic E-state index is -0.841. The first-order chi connectivity index (χ1) is 13.1. The molecule has 1 aliphatic rings. The number of rotatable bonds is 5. The van der Waals surface area contributed by atoms with Gasteiger partial charge in [0.05, 0.1) is 26.9 Å². The van der Waals surface area contributed by atoms with Crippen LogP contribution >= 0.6 is 0 Å². The molecular formula is C21H29NO6. The first-order valence-electron chi connectivity index (χ1n) is 9.19. The third-order valence-electron chi connectivity index (χ3n) is 4.00. The van der Waals surface area contributed by atoms with Gasteiger partial charge < -0.3 is 18.9 Å². The van der Waals surface area contributed by atoms with E-state index in [1.165, 1.54) is 12.0 Å². The van der Waals surface area contributed by atoms with Gasteiger partial charge in [-0.25, -0.2) is 9.59 Å². The summed E-state index contributed by atoms with van der Waals surface area (Å²) in [6.45, 7) is 9.42. The molecule has 1 aromatic rings. The fourth-order valence-corrected chi connectivity index (χ4v) is 2.84. The number of amides is 1. The molecule has 28 heavy (non-hydrogen) atoms. The van der Waals surface area contributed by atoms with Gasteiger partial charge in [0.25, 0.3) is 0 Å². The maximum Gasteiger partial charge on any atom is 0.411 e. The third-order valence-corrected chi connectivity index (χ3v) is 4.00. The van der Waals surface area contributed by atoms with E-state index < -0.39 is 23.7 Å². The number of nitrogens with zero attached hydrogens (tertiary/aromatic N) is 1. The van der Waals surface area contributed by atoms with Crippen LogP contribution in [0.2, 0.25) is 0 Å². The van der Waals surface area contributed by atoms with E-state index in [-0.39, 0.29) is 12.6 Å². The van der Waals surface area contributed by atoms with Gasteiger partial charge in [-0.15, -0.1) is 0 Å². The molecule has 0 saturated carbocycles. The van der Waals surface area contributed by atoms with Gasteiger partial charge in [0.2, 0.25) is 0 Å². The molecule has 0 aromatic heterocycles. The smallest absolute Gasteiger partial charge is 0.411 e. The molecule has 0 N–H and O–H groups in total. The Morgan fingerprint density at radius 2 is 1.82 bits per heavy atom. The Morgan fingerprint density at radius 1 is 1.14 bits per heavy atom. The Kier molecular flexibility index (Phi) is 6.59. The van der Waals surface area contributed by atoms with Gasteiger partial charge in [-0.05, 0) is 64.0 Å². The van der Waals surface area contributed by atoms with E-state index in [1.54, 1.807) is 40.0 Å². The summed E-state index contributed by atoms with van der Waals surface area (Å²) in [6, 6.07) is 4.67. The molecule has 0 spiro atoms. The fraction of sp³-hybridized carbons (Fsp3) is 0.524. The number of esters is 1. The van der Waals surface area contributed by atoms with E-state index in [4.69, 9.17) is 18.9 Å². The van der Waals surface area contributed by atoms with E-state index in [9.17, 15) is 9.59 Å². The summed E-state index contributed by atoms with van der Waals surface area (Å²) in [5.74, 6) is 0.693. The van der Waals surface area contributed by atoms with Crippen LogP contribution in [0.4, 0.5) is 4.79 Å². The van der Waals surface area contributed by atoms with Crippen molar-refractivity contribution in [2.75, 3.05) is 20.8 Å². The summed E-state index contributed by atoms with van der Waals surface area (Å²) < 4.78 is 21.5. The zero-order valence-corrected chi connectivity index (χ0v) is 17.6. The first-order valence-corrected chi connectivity index (χ1v) is 9.19. The molecule has 2 rings (SSSR count). The molecule has 0 bridgehead atoms. The van der Waals surface area contributed by atoms with Crippen LogP contribution in [0.25, 0.3) is 5.57 Å². The molecule has 1 heterocycles. The molecule has 7 nitrogen and oxygen atoms in total. The van der Waals surface area contributed by atoms with Crippen molar-refractivity contribution in [3.05, 3.63) is 29.8 Å². The van der Waals surface area contributed by atoms with Crippen LogP contribution < -0.4 is 9.47 Å². The molecule has 1 amide bonds. The molecule has 154 valence electrons. The molecule has 0 saturated heterocycles. The minimum Gasteiger partial charge on any atom is -0.493 e. The second-order valence-corrected chi connectivity index (χ2v) is 7.80. The lowest BCUT2D eigenvalue weighted by atomic mass is 10.1. The van der Waals surface area contributed by atoms with E-state index >= 15 is 0 Å². The average Bonchev–Trinajstić information content (AvgIpc) is 3.04. The van der Waals surface area contributed by atoms with Crippen molar-refractivity contribution in [2.45, 2.75) is 52.4 Å². The van der Waals surface area contributed by atoms with Crippen molar-refractivity contribution in [3.8, 4) is 11.5 Å². The van der Waals surface area contributed by atoms with Gasteiger partial charge in [0, 0.05) is 0 Å². The SMILES string of the molecule is COC(=O)[C@H]1C=C(c2ccc(OC)c(OC(C)C)c2)CN1C(=O)OC(C)(C)C. The fourth-order valence-electron chi connectivity index (χ4n) is 2.84. The van der Waals surface area contributed by atoms with Crippen LogP contribution in [-0.4, -0.2) is 55.5 Å². The predicted molar refractivity (Wildman–Crippen MR) is 105 cm³/mol. The molecule has 1 aliphatic heterocycles. The standard InChI is InChI=1S/C21H29NO6/c1-13(2)27-18-11-14(8-9-17(18)25-6)15-10-16(19(23)26-7)22(12-15)20(24)28-21(3,4)5/h8-11,13,16H,12H2,1-7H3/t16-/m1/s1. The summed E-state index contributed by atoms with van der Waals surface area (Å²) in [5, 5.41) is 0. The van der Waals surface area contributed by atoms with E-state index in [1.807, 2.05) is 26.0 Å². The number of carbonyl (C=O) groups is 2. The first kappa shape index (κ1) is 21.6. The number of benzene rings is 1. The highest BCUT2D eigenvalue weighted by molar-refractivity contribution is 5.90. The van der Waals surface area contributed by atoms with E-state index in [0.29, 0.717) is 11.5 Å². The zero-order chi connectivity index (χ0) is 21.1. The van der Waals surface area contributed by atoms with Crippen molar-refractivity contribution in [3.63, 3.8) is 0 Å². The molecule has 0 fully saturated rings. The molecule has 0 unspecified atom stereocenters.